The van der Waals surface area contributed by atoms with E-state index < -0.39 is 0 Å². The standard InChI is InChI=1S/C32H38N6O5/c1-4-28(39)33-17-21-9-11-23(12-10-21)29(40)34-25-6-5-15-36(19-25)31(42)35-24-13-14-27-26(16-24)30(41)37(18-22-7-8-22)32(43)38(27)20(2)3/h4,9-14,16,20,22,25H,1,5-8,15,17-19H2,2-3H3,(H,33,39)(H,34,40)(H,35,42). The Kier molecular flexibility index (Phi) is 8.79. The van der Waals surface area contributed by atoms with Gasteiger partial charge in [-0.15, -0.1) is 0 Å². The van der Waals surface area contributed by atoms with E-state index in [9.17, 15) is 24.0 Å². The smallest absolute Gasteiger partial charge is 0.331 e. The molecule has 2 aromatic carbocycles. The van der Waals surface area contributed by atoms with E-state index in [2.05, 4.69) is 22.5 Å². The van der Waals surface area contributed by atoms with Gasteiger partial charge in [0.2, 0.25) is 5.91 Å². The molecule has 1 aliphatic heterocycles. The first kappa shape index (κ1) is 29.8. The summed E-state index contributed by atoms with van der Waals surface area (Å²) in [6, 6.07) is 11.4. The maximum atomic E-state index is 13.3. The van der Waals surface area contributed by atoms with Gasteiger partial charge in [-0.05, 0) is 87.4 Å². The van der Waals surface area contributed by atoms with Crippen LogP contribution in [0.15, 0.2) is 64.7 Å². The molecule has 3 N–H and O–H groups in total. The van der Waals surface area contributed by atoms with Gasteiger partial charge in [0.25, 0.3) is 11.5 Å². The normalized spacial score (nSPS) is 16.6. The van der Waals surface area contributed by atoms with E-state index in [0.29, 0.717) is 54.3 Å². The molecule has 1 atom stereocenters. The summed E-state index contributed by atoms with van der Waals surface area (Å²) < 4.78 is 2.97. The van der Waals surface area contributed by atoms with E-state index in [1.807, 2.05) is 13.8 Å². The van der Waals surface area contributed by atoms with Crippen molar-refractivity contribution >= 4 is 34.4 Å². The SMILES string of the molecule is C=CC(=O)NCc1ccc(C(=O)NC2CCCN(C(=O)Nc3ccc4c(c3)c(=O)n(CC3CC3)c(=O)n4C(C)C)C2)cc1. The molecule has 1 aromatic heterocycles. The lowest BCUT2D eigenvalue weighted by Crippen LogP contribution is -2.50. The minimum atomic E-state index is -0.338. The Bertz CT molecular complexity index is 1670. The van der Waals surface area contributed by atoms with Crippen molar-refractivity contribution < 1.29 is 14.4 Å². The van der Waals surface area contributed by atoms with Gasteiger partial charge in [-0.3, -0.25) is 23.5 Å². The number of hydrogen-bond acceptors (Lipinski definition) is 5. The molecule has 1 unspecified atom stereocenters. The minimum Gasteiger partial charge on any atom is -0.348 e. The van der Waals surface area contributed by atoms with Gasteiger partial charge in [0.1, 0.15) is 0 Å². The Morgan fingerprint density at radius 2 is 1.79 bits per heavy atom. The summed E-state index contributed by atoms with van der Waals surface area (Å²) in [4.78, 5) is 65.6. The second kappa shape index (κ2) is 12.7. The number of carbonyl (C=O) groups excluding carboxylic acids is 3. The second-order valence-electron chi connectivity index (χ2n) is 11.6. The summed E-state index contributed by atoms with van der Waals surface area (Å²) in [5, 5.41) is 9.02. The third-order valence-corrected chi connectivity index (χ3v) is 7.99. The maximum Gasteiger partial charge on any atom is 0.331 e. The number of urea groups is 1. The maximum absolute atomic E-state index is 13.3. The van der Waals surface area contributed by atoms with E-state index in [0.717, 1.165) is 31.2 Å². The zero-order valence-corrected chi connectivity index (χ0v) is 24.6. The number of hydrogen-bond donors (Lipinski definition) is 3. The van der Waals surface area contributed by atoms with Gasteiger partial charge in [0.15, 0.2) is 0 Å². The van der Waals surface area contributed by atoms with Gasteiger partial charge in [-0.25, -0.2) is 9.59 Å². The van der Waals surface area contributed by atoms with Crippen molar-refractivity contribution in [2.45, 2.75) is 64.7 Å². The van der Waals surface area contributed by atoms with Crippen molar-refractivity contribution in [3.05, 3.63) is 87.1 Å². The lowest BCUT2D eigenvalue weighted by Gasteiger charge is -2.33. The summed E-state index contributed by atoms with van der Waals surface area (Å²) in [7, 11) is 0. The summed E-state index contributed by atoms with van der Waals surface area (Å²) in [6.45, 7) is 8.88. The zero-order chi connectivity index (χ0) is 30.7. The van der Waals surface area contributed by atoms with Crippen LogP contribution in [0.2, 0.25) is 0 Å². The Morgan fingerprint density at radius 3 is 2.47 bits per heavy atom. The highest BCUT2D eigenvalue weighted by atomic mass is 16.2. The Morgan fingerprint density at radius 1 is 1.05 bits per heavy atom. The number of likely N-dealkylation sites (tertiary alicyclic amines) is 1. The third kappa shape index (κ3) is 6.87. The molecule has 1 saturated carbocycles. The molecule has 43 heavy (non-hydrogen) atoms. The first-order chi connectivity index (χ1) is 20.6. The Hall–Kier alpha value is -4.67. The van der Waals surface area contributed by atoms with Crippen LogP contribution in [-0.4, -0.2) is 51.0 Å². The fraction of sp³-hybridized carbons (Fsp3) is 0.406. The van der Waals surface area contributed by atoms with Crippen molar-refractivity contribution in [3.63, 3.8) is 0 Å². The van der Waals surface area contributed by atoms with Gasteiger partial charge >= 0.3 is 11.7 Å². The molecule has 1 aliphatic carbocycles. The van der Waals surface area contributed by atoms with E-state index in [4.69, 9.17) is 0 Å². The van der Waals surface area contributed by atoms with E-state index in [1.165, 1.54) is 10.6 Å². The second-order valence-corrected chi connectivity index (χ2v) is 11.6. The quantitative estimate of drug-likeness (QED) is 0.331. The van der Waals surface area contributed by atoms with Crippen LogP contribution in [0.3, 0.4) is 0 Å². The molecular weight excluding hydrogens is 548 g/mol. The third-order valence-electron chi connectivity index (χ3n) is 7.99. The predicted octanol–water partition coefficient (Wildman–Crippen LogP) is 3.38. The zero-order valence-electron chi connectivity index (χ0n) is 24.6. The highest BCUT2D eigenvalue weighted by molar-refractivity contribution is 5.95. The molecule has 2 fully saturated rings. The number of aromatic nitrogens is 2. The lowest BCUT2D eigenvalue weighted by molar-refractivity contribution is -0.116. The van der Waals surface area contributed by atoms with Crippen LogP contribution in [0.1, 0.15) is 61.5 Å². The molecule has 2 heterocycles. The number of amides is 4. The highest BCUT2D eigenvalue weighted by Gasteiger charge is 2.27. The number of nitrogens with zero attached hydrogens (tertiary/aromatic N) is 3. The number of piperidine rings is 1. The lowest BCUT2D eigenvalue weighted by atomic mass is 10.0. The molecule has 11 heteroatoms. The number of rotatable bonds is 9. The molecule has 0 radical (unpaired) electrons. The number of benzene rings is 2. The fourth-order valence-corrected chi connectivity index (χ4v) is 5.47. The van der Waals surface area contributed by atoms with E-state index >= 15 is 0 Å². The molecule has 226 valence electrons. The number of fused-ring (bicyclic) bond motifs is 1. The van der Waals surface area contributed by atoms with Crippen LogP contribution in [0.5, 0.6) is 0 Å². The average Bonchev–Trinajstić information content (AvgIpc) is 3.83. The summed E-state index contributed by atoms with van der Waals surface area (Å²) in [5.41, 5.74) is 1.72. The van der Waals surface area contributed by atoms with Crippen LogP contribution in [0.4, 0.5) is 10.5 Å². The molecule has 2 aliphatic rings. The molecule has 0 spiro atoms. The van der Waals surface area contributed by atoms with Crippen molar-refractivity contribution in [2.75, 3.05) is 18.4 Å². The summed E-state index contributed by atoms with van der Waals surface area (Å²) in [6.07, 6.45) is 4.70. The van der Waals surface area contributed by atoms with Gasteiger partial charge in [-0.2, -0.15) is 0 Å². The number of nitrogens with one attached hydrogen (secondary N) is 3. The molecule has 1 saturated heterocycles. The minimum absolute atomic E-state index is 0.134. The van der Waals surface area contributed by atoms with Gasteiger partial charge in [0, 0.05) is 49.5 Å². The molecule has 3 aromatic rings. The van der Waals surface area contributed by atoms with Gasteiger partial charge in [-0.1, -0.05) is 18.7 Å². The highest BCUT2D eigenvalue weighted by Crippen LogP contribution is 2.30. The van der Waals surface area contributed by atoms with Crippen LogP contribution in [0.25, 0.3) is 10.9 Å². The Labute approximate surface area is 249 Å². The van der Waals surface area contributed by atoms with Crippen LogP contribution in [-0.2, 0) is 17.9 Å². The molecule has 4 amide bonds. The van der Waals surface area contributed by atoms with E-state index in [1.54, 1.807) is 51.9 Å². The first-order valence-electron chi connectivity index (χ1n) is 14.8. The topological polar surface area (TPSA) is 135 Å². The van der Waals surface area contributed by atoms with Crippen LogP contribution < -0.4 is 27.2 Å². The summed E-state index contributed by atoms with van der Waals surface area (Å²) in [5.74, 6) is -0.144. The monoisotopic (exact) mass is 586 g/mol. The Balaban J connectivity index is 1.24. The van der Waals surface area contributed by atoms with Crippen molar-refractivity contribution in [1.82, 2.24) is 24.7 Å². The first-order valence-corrected chi connectivity index (χ1v) is 14.8. The molecule has 5 rings (SSSR count). The van der Waals surface area contributed by atoms with Crippen molar-refractivity contribution in [1.29, 1.82) is 0 Å². The van der Waals surface area contributed by atoms with Gasteiger partial charge in [0.05, 0.1) is 10.9 Å². The van der Waals surface area contributed by atoms with Crippen molar-refractivity contribution in [3.8, 4) is 0 Å². The fourth-order valence-electron chi connectivity index (χ4n) is 5.47. The molecular formula is C32H38N6O5. The van der Waals surface area contributed by atoms with Crippen LogP contribution >= 0.6 is 0 Å². The predicted molar refractivity (Wildman–Crippen MR) is 165 cm³/mol. The molecule has 0 bridgehead atoms. The van der Waals surface area contributed by atoms with Crippen LogP contribution in [0, 0.1) is 5.92 Å². The largest absolute Gasteiger partial charge is 0.348 e. The number of carbonyl (C=O) groups is 3. The number of anilines is 1. The van der Waals surface area contributed by atoms with Gasteiger partial charge < -0.3 is 20.9 Å². The van der Waals surface area contributed by atoms with Crippen molar-refractivity contribution in [2.24, 2.45) is 5.92 Å². The average molecular weight is 587 g/mol. The van der Waals surface area contributed by atoms with E-state index in [-0.39, 0.29) is 41.2 Å². The molecule has 11 nitrogen and oxygen atoms in total. The summed E-state index contributed by atoms with van der Waals surface area (Å²) >= 11 is 0.